The zero-order valence-electron chi connectivity index (χ0n) is 24.8. The largest absolute Gasteiger partial charge is 0.481 e. The third-order valence-corrected chi connectivity index (χ3v) is 6.21. The molecule has 0 radical (unpaired) electrons. The number of hydrogen-bond acceptors (Lipinski definition) is 10. The first-order valence-corrected chi connectivity index (χ1v) is 14.0. The number of hydrogen-bond donors (Lipinski definition) is 11. The zero-order valence-corrected chi connectivity index (χ0v) is 24.8. The Morgan fingerprint density at radius 1 is 0.682 bits per heavy atom. The molecular formula is C25H46N10O9. The summed E-state index contributed by atoms with van der Waals surface area (Å²) in [7, 11) is 0. The smallest absolute Gasteiger partial charge is 0.326 e. The van der Waals surface area contributed by atoms with Crippen molar-refractivity contribution in [1.82, 2.24) is 21.3 Å². The summed E-state index contributed by atoms with van der Waals surface area (Å²) in [5.41, 5.74) is 27.1. The summed E-state index contributed by atoms with van der Waals surface area (Å²) in [4.78, 5) is 88.7. The Morgan fingerprint density at radius 3 is 1.75 bits per heavy atom. The van der Waals surface area contributed by atoms with Crippen molar-refractivity contribution in [2.75, 3.05) is 13.1 Å². The molecule has 0 bridgehead atoms. The number of carboxylic acids is 2. The summed E-state index contributed by atoms with van der Waals surface area (Å²) in [5.74, 6) is -6.72. The second kappa shape index (κ2) is 21.2. The molecule has 0 aromatic carbocycles. The van der Waals surface area contributed by atoms with Crippen LogP contribution in [0.15, 0.2) is 4.99 Å². The molecule has 16 N–H and O–H groups in total. The van der Waals surface area contributed by atoms with Crippen molar-refractivity contribution in [3.63, 3.8) is 0 Å². The fourth-order valence-corrected chi connectivity index (χ4v) is 3.72. The lowest BCUT2D eigenvalue weighted by atomic mass is 10.0. The lowest BCUT2D eigenvalue weighted by Gasteiger charge is -2.25. The Kier molecular flexibility index (Phi) is 19.0. The summed E-state index contributed by atoms with van der Waals surface area (Å²) in [6, 6.07) is -6.30. The predicted octanol–water partition coefficient (Wildman–Crippen LogP) is -4.33. The number of unbranched alkanes of at least 4 members (excludes halogenated alkanes) is 1. The first-order valence-electron chi connectivity index (χ1n) is 14.0. The Bertz CT molecular complexity index is 1040. The fourth-order valence-electron chi connectivity index (χ4n) is 3.72. The number of rotatable bonds is 23. The molecule has 0 unspecified atom stereocenters. The van der Waals surface area contributed by atoms with Crippen LogP contribution in [0.2, 0.25) is 0 Å². The summed E-state index contributed by atoms with van der Waals surface area (Å²) in [5, 5.41) is 27.7. The monoisotopic (exact) mass is 630 g/mol. The molecular weight excluding hydrogens is 584 g/mol. The third-order valence-electron chi connectivity index (χ3n) is 6.21. The summed E-state index contributed by atoms with van der Waals surface area (Å²) < 4.78 is 0. The average molecular weight is 631 g/mol. The van der Waals surface area contributed by atoms with E-state index < -0.39 is 78.1 Å². The van der Waals surface area contributed by atoms with Crippen molar-refractivity contribution < 1.29 is 43.8 Å². The van der Waals surface area contributed by atoms with Gasteiger partial charge in [0.2, 0.25) is 29.5 Å². The van der Waals surface area contributed by atoms with Crippen LogP contribution in [0.4, 0.5) is 0 Å². The number of primary amides is 1. The maximum atomic E-state index is 13.3. The molecule has 0 rings (SSSR count). The highest BCUT2D eigenvalue weighted by atomic mass is 16.4. The number of nitrogens with one attached hydrogen (secondary N) is 4. The molecule has 0 aliphatic heterocycles. The topological polar surface area (TPSA) is 351 Å². The maximum Gasteiger partial charge on any atom is 0.326 e. The number of nitrogens with two attached hydrogens (primary N) is 5. The second-order valence-corrected chi connectivity index (χ2v) is 10.0. The fraction of sp³-hybridized carbons (Fsp3) is 0.680. The van der Waals surface area contributed by atoms with E-state index in [9.17, 15) is 38.7 Å². The normalized spacial score (nSPS) is 14.1. The molecule has 0 aromatic rings. The minimum atomic E-state index is -1.51. The number of carbonyl (C=O) groups excluding carboxylic acids is 5. The molecule has 0 fully saturated rings. The van der Waals surface area contributed by atoms with Crippen LogP contribution in [0.1, 0.15) is 64.7 Å². The van der Waals surface area contributed by atoms with Crippen molar-refractivity contribution in [2.45, 2.75) is 94.9 Å². The van der Waals surface area contributed by atoms with E-state index in [1.165, 1.54) is 6.92 Å². The predicted molar refractivity (Wildman–Crippen MR) is 157 cm³/mol. The summed E-state index contributed by atoms with van der Waals surface area (Å²) in [6.07, 6.45) is 0.247. The second-order valence-electron chi connectivity index (χ2n) is 10.0. The van der Waals surface area contributed by atoms with Crippen molar-refractivity contribution in [2.24, 2.45) is 33.7 Å². The third kappa shape index (κ3) is 17.4. The maximum absolute atomic E-state index is 13.3. The van der Waals surface area contributed by atoms with Crippen LogP contribution in [0.5, 0.6) is 0 Å². The summed E-state index contributed by atoms with van der Waals surface area (Å²) >= 11 is 0. The van der Waals surface area contributed by atoms with Gasteiger partial charge in [-0.15, -0.1) is 0 Å². The van der Waals surface area contributed by atoms with Gasteiger partial charge in [0, 0.05) is 19.4 Å². The van der Waals surface area contributed by atoms with E-state index in [-0.39, 0.29) is 51.0 Å². The lowest BCUT2D eigenvalue weighted by molar-refractivity contribution is -0.143. The van der Waals surface area contributed by atoms with Crippen LogP contribution in [0.25, 0.3) is 0 Å². The molecule has 0 aliphatic carbocycles. The molecule has 5 atom stereocenters. The van der Waals surface area contributed by atoms with E-state index in [1.54, 1.807) is 0 Å². The molecule has 0 saturated carbocycles. The van der Waals surface area contributed by atoms with Crippen molar-refractivity contribution in [3.05, 3.63) is 0 Å². The van der Waals surface area contributed by atoms with Gasteiger partial charge in [0.05, 0.1) is 6.04 Å². The number of aliphatic imine (C=N–C) groups is 1. The quantitative estimate of drug-likeness (QED) is 0.0289. The first-order chi connectivity index (χ1) is 20.6. The van der Waals surface area contributed by atoms with Crippen molar-refractivity contribution in [3.8, 4) is 0 Å². The number of guanidine groups is 1. The van der Waals surface area contributed by atoms with Crippen LogP contribution in [-0.4, -0.2) is 101 Å². The van der Waals surface area contributed by atoms with E-state index in [1.807, 2.05) is 0 Å². The van der Waals surface area contributed by atoms with E-state index in [4.69, 9.17) is 33.8 Å². The minimum Gasteiger partial charge on any atom is -0.481 e. The van der Waals surface area contributed by atoms with Crippen LogP contribution < -0.4 is 49.9 Å². The molecule has 19 heteroatoms. The number of aliphatic carboxylic acids is 2. The van der Waals surface area contributed by atoms with E-state index >= 15 is 0 Å². The van der Waals surface area contributed by atoms with Crippen LogP contribution in [0.3, 0.4) is 0 Å². The highest BCUT2D eigenvalue weighted by Gasteiger charge is 2.30. The minimum absolute atomic E-state index is 0.000642. The molecule has 0 heterocycles. The first kappa shape index (κ1) is 39.5. The van der Waals surface area contributed by atoms with Gasteiger partial charge in [0.1, 0.15) is 24.2 Å². The van der Waals surface area contributed by atoms with Gasteiger partial charge < -0.3 is 60.1 Å². The van der Waals surface area contributed by atoms with Gasteiger partial charge in [-0.05, 0) is 58.4 Å². The molecule has 19 nitrogen and oxygen atoms in total. The molecule has 0 aliphatic rings. The van der Waals surface area contributed by atoms with Crippen LogP contribution in [-0.2, 0) is 33.6 Å². The number of amides is 5. The van der Waals surface area contributed by atoms with E-state index in [0.717, 1.165) is 0 Å². The number of carbonyl (C=O) groups is 7. The van der Waals surface area contributed by atoms with Gasteiger partial charge in [0.25, 0.3) is 0 Å². The molecule has 0 aromatic heterocycles. The zero-order chi connectivity index (χ0) is 33.8. The van der Waals surface area contributed by atoms with Gasteiger partial charge in [0.15, 0.2) is 5.96 Å². The lowest BCUT2D eigenvalue weighted by Crippen LogP contribution is -2.58. The van der Waals surface area contributed by atoms with Gasteiger partial charge in [-0.25, -0.2) is 4.79 Å². The number of nitrogens with zero attached hydrogens (tertiary/aromatic N) is 1. The van der Waals surface area contributed by atoms with E-state index in [2.05, 4.69) is 26.3 Å². The Hall–Kier alpha value is -4.52. The van der Waals surface area contributed by atoms with Gasteiger partial charge in [-0.2, -0.15) is 0 Å². The Labute approximate surface area is 254 Å². The SMILES string of the molecule is C[C@H](NC(=O)[C@H](CCCN=C(N)N)NC(=O)[C@H](CCCCN)NC(=O)[C@@H](N)CCC(N)=O)C(=O)N[C@@H](CCC(=O)O)C(=O)O. The highest BCUT2D eigenvalue weighted by molar-refractivity contribution is 5.95. The molecule has 0 saturated heterocycles. The summed E-state index contributed by atoms with van der Waals surface area (Å²) in [6.45, 7) is 1.70. The molecule has 44 heavy (non-hydrogen) atoms. The van der Waals surface area contributed by atoms with Gasteiger partial charge >= 0.3 is 11.9 Å². The Balaban J connectivity index is 5.72. The number of carboxylic acid groups (broad SMARTS) is 2. The molecule has 5 amide bonds. The van der Waals surface area contributed by atoms with Crippen LogP contribution >= 0.6 is 0 Å². The van der Waals surface area contributed by atoms with E-state index in [0.29, 0.717) is 19.4 Å². The molecule has 250 valence electrons. The standard InChI is InChI=1S/C25H46N10O9/c1-13(20(39)35-17(24(43)44)8-10-19(37)38)32-22(41)16(6-4-12-31-25(29)30)34-23(42)15(5-2-3-11-26)33-21(40)14(27)7-9-18(28)36/h13-17H,2-12,26-27H2,1H3,(H2,28,36)(H,32,41)(H,33,40)(H,34,42)(H,35,39)(H,37,38)(H,43,44)(H4,29,30,31)/t13-,14-,15-,16-,17-/m0/s1. The van der Waals surface area contributed by atoms with Crippen LogP contribution in [0, 0.1) is 0 Å². The van der Waals surface area contributed by atoms with Crippen molar-refractivity contribution >= 4 is 47.4 Å². The van der Waals surface area contributed by atoms with Gasteiger partial charge in [-0.3, -0.25) is 33.8 Å². The highest BCUT2D eigenvalue weighted by Crippen LogP contribution is 2.07. The van der Waals surface area contributed by atoms with Crippen molar-refractivity contribution in [1.29, 1.82) is 0 Å². The van der Waals surface area contributed by atoms with Gasteiger partial charge in [-0.1, -0.05) is 0 Å². The molecule has 0 spiro atoms. The average Bonchev–Trinajstić information content (AvgIpc) is 2.93. The Morgan fingerprint density at radius 2 is 1.23 bits per heavy atom.